The fourth-order valence-electron chi connectivity index (χ4n) is 1.16. The molecule has 0 aromatic rings. The van der Waals surface area contributed by atoms with Crippen LogP contribution in [0.2, 0.25) is 0 Å². The summed E-state index contributed by atoms with van der Waals surface area (Å²) in [6.45, 7) is 0. The van der Waals surface area contributed by atoms with E-state index in [0.29, 0.717) is 0 Å². The monoisotopic (exact) mass is 173 g/mol. The predicted octanol–water partition coefficient (Wildman–Crippen LogP) is -0.538. The summed E-state index contributed by atoms with van der Waals surface area (Å²) < 4.78 is 14.7. The zero-order valence-corrected chi connectivity index (χ0v) is 6.93. The van der Waals surface area contributed by atoms with Crippen LogP contribution in [0.1, 0.15) is 0 Å². The van der Waals surface area contributed by atoms with E-state index in [4.69, 9.17) is 19.5 Å². The summed E-state index contributed by atoms with van der Waals surface area (Å²) >= 11 is 0. The normalized spacial score (nSPS) is 41.2. The lowest BCUT2D eigenvalue weighted by molar-refractivity contribution is -0.200. The van der Waals surface area contributed by atoms with Crippen molar-refractivity contribution in [3.05, 3.63) is 0 Å². The van der Waals surface area contributed by atoms with Crippen LogP contribution in [0.5, 0.6) is 0 Å². The Hall–Kier alpha value is -0.670. The molecular weight excluding hydrogens is 162 g/mol. The summed E-state index contributed by atoms with van der Waals surface area (Å²) in [6, 6.07) is 1.90. The highest BCUT2D eigenvalue weighted by Crippen LogP contribution is 2.27. The number of hydrogen-bond acceptors (Lipinski definition) is 5. The van der Waals surface area contributed by atoms with Crippen LogP contribution in [0, 0.1) is 17.2 Å². The minimum absolute atomic E-state index is 0.681. The van der Waals surface area contributed by atoms with E-state index >= 15 is 0 Å². The zero-order chi connectivity index (χ0) is 9.14. The van der Waals surface area contributed by atoms with Gasteiger partial charge in [-0.1, -0.05) is 0 Å². The molecule has 68 valence electrons. The second-order valence-corrected chi connectivity index (χ2v) is 2.49. The van der Waals surface area contributed by atoms with Crippen molar-refractivity contribution >= 4 is 0 Å². The minimum atomic E-state index is -0.940. The molecule has 0 radical (unpaired) electrons. The van der Waals surface area contributed by atoms with E-state index in [1.807, 2.05) is 6.07 Å². The molecule has 1 aliphatic rings. The summed E-state index contributed by atoms with van der Waals surface area (Å²) in [4.78, 5) is 0. The molecule has 1 fully saturated rings. The number of rotatable bonds is 2. The van der Waals surface area contributed by atoms with Crippen LogP contribution >= 0.6 is 0 Å². The van der Waals surface area contributed by atoms with E-state index in [0.717, 1.165) is 0 Å². The highest BCUT2D eigenvalue weighted by Gasteiger charge is 2.44. The molecule has 0 unspecified atom stereocenters. The Morgan fingerprint density at radius 3 is 2.25 bits per heavy atom. The molecule has 1 saturated heterocycles. The molecule has 12 heavy (non-hydrogen) atoms. The SMILES string of the molecule is CO[C@@H]1O[C@H](OC)[C@@H](C#N)[C@H]1O. The second-order valence-electron chi connectivity index (χ2n) is 2.49. The molecule has 0 saturated carbocycles. The summed E-state index contributed by atoms with van der Waals surface area (Å²) in [5.41, 5.74) is 0. The Balaban J connectivity index is 2.66. The molecule has 5 nitrogen and oxygen atoms in total. The third-order valence-electron chi connectivity index (χ3n) is 1.82. The van der Waals surface area contributed by atoms with Crippen molar-refractivity contribution < 1.29 is 19.3 Å². The predicted molar refractivity (Wildman–Crippen MR) is 37.8 cm³/mol. The van der Waals surface area contributed by atoms with Crippen LogP contribution in [0.3, 0.4) is 0 Å². The molecule has 0 bridgehead atoms. The van der Waals surface area contributed by atoms with Gasteiger partial charge in [0, 0.05) is 14.2 Å². The maximum Gasteiger partial charge on any atom is 0.187 e. The van der Waals surface area contributed by atoms with Gasteiger partial charge in [0.15, 0.2) is 12.6 Å². The number of methoxy groups -OCH3 is 2. The van der Waals surface area contributed by atoms with Gasteiger partial charge in [-0.15, -0.1) is 0 Å². The van der Waals surface area contributed by atoms with E-state index in [1.165, 1.54) is 14.2 Å². The topological polar surface area (TPSA) is 71.7 Å². The van der Waals surface area contributed by atoms with Gasteiger partial charge in [-0.05, 0) is 0 Å². The summed E-state index contributed by atoms with van der Waals surface area (Å²) in [5.74, 6) is -0.681. The van der Waals surface area contributed by atoms with Gasteiger partial charge in [-0.3, -0.25) is 0 Å². The first-order valence-corrected chi connectivity index (χ1v) is 3.53. The number of ether oxygens (including phenoxy) is 3. The van der Waals surface area contributed by atoms with Crippen molar-refractivity contribution in [3.8, 4) is 6.07 Å². The van der Waals surface area contributed by atoms with Gasteiger partial charge in [0.25, 0.3) is 0 Å². The molecule has 0 spiro atoms. The van der Waals surface area contributed by atoms with Gasteiger partial charge in [-0.2, -0.15) is 5.26 Å². The number of hydrogen-bond donors (Lipinski definition) is 1. The molecule has 1 rings (SSSR count). The standard InChI is InChI=1S/C7H11NO4/c1-10-6-4(3-8)5(9)7(11-2)12-6/h4-7,9H,1-2H3/t4-,5+,6-,7+/m0/s1. The first-order chi connectivity index (χ1) is 5.74. The van der Waals surface area contributed by atoms with E-state index < -0.39 is 24.6 Å². The quantitative estimate of drug-likeness (QED) is 0.607. The molecule has 0 aliphatic carbocycles. The maximum absolute atomic E-state index is 9.40. The van der Waals surface area contributed by atoms with Crippen LogP contribution in [0.25, 0.3) is 0 Å². The van der Waals surface area contributed by atoms with Gasteiger partial charge in [0.1, 0.15) is 12.0 Å². The van der Waals surface area contributed by atoms with Gasteiger partial charge >= 0.3 is 0 Å². The minimum Gasteiger partial charge on any atom is -0.386 e. The third-order valence-corrected chi connectivity index (χ3v) is 1.82. The van der Waals surface area contributed by atoms with Crippen molar-refractivity contribution in [2.45, 2.75) is 18.7 Å². The van der Waals surface area contributed by atoms with Gasteiger partial charge < -0.3 is 19.3 Å². The lowest BCUT2D eigenvalue weighted by atomic mass is 10.1. The van der Waals surface area contributed by atoms with Crippen molar-refractivity contribution in [2.75, 3.05) is 14.2 Å². The molecule has 1 heterocycles. The van der Waals surface area contributed by atoms with Crippen LogP contribution < -0.4 is 0 Å². The molecular formula is C7H11NO4. The van der Waals surface area contributed by atoms with E-state index in [2.05, 4.69) is 0 Å². The van der Waals surface area contributed by atoms with E-state index in [-0.39, 0.29) is 0 Å². The summed E-state index contributed by atoms with van der Waals surface area (Å²) in [7, 11) is 2.82. The molecule has 0 aromatic carbocycles. The lowest BCUT2D eigenvalue weighted by Crippen LogP contribution is -2.27. The van der Waals surface area contributed by atoms with Crippen LogP contribution in [0.4, 0.5) is 0 Å². The maximum atomic E-state index is 9.40. The van der Waals surface area contributed by atoms with E-state index in [9.17, 15) is 5.11 Å². The van der Waals surface area contributed by atoms with Crippen molar-refractivity contribution in [1.82, 2.24) is 0 Å². The Bertz CT molecular complexity index is 188. The average molecular weight is 173 g/mol. The molecule has 5 heteroatoms. The first kappa shape index (κ1) is 9.42. The van der Waals surface area contributed by atoms with Crippen molar-refractivity contribution in [3.63, 3.8) is 0 Å². The lowest BCUT2D eigenvalue weighted by Gasteiger charge is -2.10. The van der Waals surface area contributed by atoms with Gasteiger partial charge in [0.05, 0.1) is 6.07 Å². The Labute approximate surface area is 70.5 Å². The Morgan fingerprint density at radius 1 is 1.33 bits per heavy atom. The number of nitrogens with zero attached hydrogens (tertiary/aromatic N) is 1. The van der Waals surface area contributed by atoms with Crippen molar-refractivity contribution in [2.24, 2.45) is 5.92 Å². The number of nitriles is 1. The smallest absolute Gasteiger partial charge is 0.187 e. The fourth-order valence-corrected chi connectivity index (χ4v) is 1.16. The largest absolute Gasteiger partial charge is 0.386 e. The van der Waals surface area contributed by atoms with Crippen LogP contribution in [-0.2, 0) is 14.2 Å². The number of aliphatic hydroxyl groups excluding tert-OH is 1. The average Bonchev–Trinajstić information content (AvgIpc) is 2.41. The summed E-state index contributed by atoms with van der Waals surface area (Å²) in [5, 5.41) is 18.0. The summed E-state index contributed by atoms with van der Waals surface area (Å²) in [6.07, 6.45) is -2.40. The van der Waals surface area contributed by atoms with Gasteiger partial charge in [0.2, 0.25) is 0 Å². The number of aliphatic hydroxyl groups is 1. The van der Waals surface area contributed by atoms with Crippen molar-refractivity contribution in [1.29, 1.82) is 5.26 Å². The zero-order valence-electron chi connectivity index (χ0n) is 6.93. The van der Waals surface area contributed by atoms with Gasteiger partial charge in [-0.25, -0.2) is 0 Å². The Morgan fingerprint density at radius 2 is 1.92 bits per heavy atom. The van der Waals surface area contributed by atoms with Crippen LogP contribution in [0.15, 0.2) is 0 Å². The molecule has 0 aromatic heterocycles. The van der Waals surface area contributed by atoms with E-state index in [1.54, 1.807) is 0 Å². The third kappa shape index (κ3) is 1.42. The molecule has 1 N–H and O–H groups in total. The highest BCUT2D eigenvalue weighted by molar-refractivity contribution is 4.96. The molecule has 0 amide bonds. The first-order valence-electron chi connectivity index (χ1n) is 3.53. The fraction of sp³-hybridized carbons (Fsp3) is 0.857. The second kappa shape index (κ2) is 3.83. The molecule has 1 aliphatic heterocycles. The molecule has 4 atom stereocenters. The highest BCUT2D eigenvalue weighted by atomic mass is 16.8. The Kier molecular flexibility index (Phi) is 3.00. The van der Waals surface area contributed by atoms with Crippen LogP contribution in [-0.4, -0.2) is 38.0 Å².